The summed E-state index contributed by atoms with van der Waals surface area (Å²) in [5.74, 6) is 0. The third-order valence-electron chi connectivity index (χ3n) is 3.60. The van der Waals surface area contributed by atoms with Gasteiger partial charge < -0.3 is 9.05 Å². The minimum Gasteiger partial charge on any atom is -0.331 e. The summed E-state index contributed by atoms with van der Waals surface area (Å²) in [5.41, 5.74) is 2.47. The summed E-state index contributed by atoms with van der Waals surface area (Å²) < 4.78 is 12.0. The van der Waals surface area contributed by atoms with Crippen molar-refractivity contribution in [1.29, 1.82) is 0 Å². The Balaban J connectivity index is 2.04. The second kappa shape index (κ2) is 10.5. The maximum Gasteiger partial charge on any atom is 0.205 e. The third-order valence-corrected chi connectivity index (χ3v) is 5.15. The Morgan fingerprint density at radius 2 is 1.22 bits per heavy atom. The first-order valence-corrected chi connectivity index (χ1v) is 9.74. The number of hydrogen-bond donors (Lipinski definition) is 0. The smallest absolute Gasteiger partial charge is 0.205 e. The normalized spacial score (nSPS) is 11.1. The molecule has 0 bridgehead atoms. The number of unbranched alkanes of at least 4 members (excludes halogenated alkanes) is 2. The van der Waals surface area contributed by atoms with Gasteiger partial charge in [0.1, 0.15) is 0 Å². The van der Waals surface area contributed by atoms with Crippen LogP contribution in [0.4, 0.5) is 0 Å². The van der Waals surface area contributed by atoms with E-state index in [0.29, 0.717) is 0 Å². The molecule has 2 aromatic rings. The van der Waals surface area contributed by atoms with E-state index in [4.69, 9.17) is 9.05 Å². The molecule has 0 N–H and O–H groups in total. The van der Waals surface area contributed by atoms with E-state index in [1.165, 1.54) is 11.1 Å². The molecule has 0 radical (unpaired) electrons. The van der Waals surface area contributed by atoms with Crippen LogP contribution in [0.1, 0.15) is 39.5 Å². The van der Waals surface area contributed by atoms with E-state index < -0.39 is 8.38 Å². The van der Waals surface area contributed by atoms with Gasteiger partial charge in [-0.05, 0) is 36.1 Å². The standard InChI is InChI=1S/C20H27O2P/c1-3-5-16-21-23(22-17-6-4-2)20-14-12-19(13-15-20)18-10-8-7-9-11-18/h7-15H,3-6,16-17H2,1-2H3. The summed E-state index contributed by atoms with van der Waals surface area (Å²) in [6.45, 7) is 5.90. The Hall–Kier alpha value is -1.21. The van der Waals surface area contributed by atoms with E-state index in [1.807, 2.05) is 6.07 Å². The number of hydrogen-bond acceptors (Lipinski definition) is 2. The quantitative estimate of drug-likeness (QED) is 0.397. The highest BCUT2D eigenvalue weighted by Gasteiger charge is 2.14. The van der Waals surface area contributed by atoms with E-state index in [9.17, 15) is 0 Å². The molecule has 0 atom stereocenters. The van der Waals surface area contributed by atoms with Gasteiger partial charge in [-0.25, -0.2) is 0 Å². The van der Waals surface area contributed by atoms with E-state index in [0.717, 1.165) is 44.2 Å². The molecule has 2 rings (SSSR count). The Kier molecular flexibility index (Phi) is 8.31. The molecule has 0 unspecified atom stereocenters. The molecule has 0 aliphatic rings. The Morgan fingerprint density at radius 1 is 0.696 bits per heavy atom. The zero-order valence-electron chi connectivity index (χ0n) is 14.2. The predicted octanol–water partition coefficient (Wildman–Crippen LogP) is 5.92. The topological polar surface area (TPSA) is 18.5 Å². The van der Waals surface area contributed by atoms with Gasteiger partial charge in [-0.1, -0.05) is 69.2 Å². The molecule has 2 nitrogen and oxygen atoms in total. The van der Waals surface area contributed by atoms with Crippen molar-refractivity contribution in [2.75, 3.05) is 13.2 Å². The lowest BCUT2D eigenvalue weighted by atomic mass is 10.1. The van der Waals surface area contributed by atoms with Crippen LogP contribution in [-0.2, 0) is 9.05 Å². The van der Waals surface area contributed by atoms with Crippen LogP contribution in [0.15, 0.2) is 54.6 Å². The molecular weight excluding hydrogens is 303 g/mol. The van der Waals surface area contributed by atoms with Gasteiger partial charge in [0, 0.05) is 5.30 Å². The van der Waals surface area contributed by atoms with Crippen LogP contribution in [0.2, 0.25) is 0 Å². The average Bonchev–Trinajstić information content (AvgIpc) is 2.62. The molecule has 0 aliphatic heterocycles. The molecule has 0 aliphatic carbocycles. The minimum absolute atomic E-state index is 0.773. The van der Waals surface area contributed by atoms with Gasteiger partial charge in [0.2, 0.25) is 8.38 Å². The predicted molar refractivity (Wildman–Crippen MR) is 100 cm³/mol. The van der Waals surface area contributed by atoms with Gasteiger partial charge in [-0.2, -0.15) is 0 Å². The van der Waals surface area contributed by atoms with Gasteiger partial charge in [0.15, 0.2) is 0 Å². The van der Waals surface area contributed by atoms with Crippen molar-refractivity contribution in [2.45, 2.75) is 39.5 Å². The molecule has 23 heavy (non-hydrogen) atoms. The van der Waals surface area contributed by atoms with Gasteiger partial charge in [-0.15, -0.1) is 0 Å². The zero-order valence-corrected chi connectivity index (χ0v) is 15.1. The van der Waals surface area contributed by atoms with Crippen molar-refractivity contribution >= 4 is 13.7 Å². The minimum atomic E-state index is -0.960. The average molecular weight is 330 g/mol. The summed E-state index contributed by atoms with van der Waals surface area (Å²) in [6, 6.07) is 19.0. The fourth-order valence-corrected chi connectivity index (χ4v) is 3.53. The molecular formula is C20H27O2P. The maximum atomic E-state index is 6.00. The van der Waals surface area contributed by atoms with E-state index in [-0.39, 0.29) is 0 Å². The number of benzene rings is 2. The Bertz CT molecular complexity index is 529. The lowest BCUT2D eigenvalue weighted by Crippen LogP contribution is -2.07. The van der Waals surface area contributed by atoms with Crippen LogP contribution in [0.25, 0.3) is 11.1 Å². The SMILES string of the molecule is CCCCOP(OCCCC)c1ccc(-c2ccccc2)cc1. The first kappa shape index (κ1) is 18.1. The first-order chi connectivity index (χ1) is 11.3. The second-order valence-electron chi connectivity index (χ2n) is 5.54. The van der Waals surface area contributed by atoms with E-state index in [2.05, 4.69) is 62.4 Å². The van der Waals surface area contributed by atoms with Crippen molar-refractivity contribution < 1.29 is 9.05 Å². The van der Waals surface area contributed by atoms with E-state index in [1.54, 1.807) is 0 Å². The van der Waals surface area contributed by atoms with Crippen LogP contribution in [0.3, 0.4) is 0 Å². The molecule has 0 saturated heterocycles. The Morgan fingerprint density at radius 3 is 1.74 bits per heavy atom. The van der Waals surface area contributed by atoms with Crippen LogP contribution in [0.5, 0.6) is 0 Å². The van der Waals surface area contributed by atoms with Crippen LogP contribution in [-0.4, -0.2) is 13.2 Å². The summed E-state index contributed by atoms with van der Waals surface area (Å²) in [4.78, 5) is 0. The number of rotatable bonds is 10. The van der Waals surface area contributed by atoms with Crippen LogP contribution in [0, 0.1) is 0 Å². The Labute approximate surface area is 141 Å². The zero-order chi connectivity index (χ0) is 16.3. The molecule has 0 fully saturated rings. The fourth-order valence-electron chi connectivity index (χ4n) is 2.18. The third kappa shape index (κ3) is 6.06. The molecule has 0 heterocycles. The summed E-state index contributed by atoms with van der Waals surface area (Å²) in [7, 11) is -0.960. The van der Waals surface area contributed by atoms with E-state index >= 15 is 0 Å². The van der Waals surface area contributed by atoms with Gasteiger partial charge in [0.05, 0.1) is 13.2 Å². The van der Waals surface area contributed by atoms with Crippen molar-refractivity contribution in [3.8, 4) is 11.1 Å². The van der Waals surface area contributed by atoms with Crippen molar-refractivity contribution in [1.82, 2.24) is 0 Å². The maximum absolute atomic E-state index is 6.00. The lowest BCUT2D eigenvalue weighted by Gasteiger charge is -2.18. The molecule has 0 amide bonds. The van der Waals surface area contributed by atoms with Gasteiger partial charge in [-0.3, -0.25) is 0 Å². The summed E-state index contributed by atoms with van der Waals surface area (Å²) in [6.07, 6.45) is 4.45. The largest absolute Gasteiger partial charge is 0.331 e. The van der Waals surface area contributed by atoms with Crippen LogP contribution < -0.4 is 5.30 Å². The monoisotopic (exact) mass is 330 g/mol. The lowest BCUT2D eigenvalue weighted by molar-refractivity contribution is 0.250. The highest BCUT2D eigenvalue weighted by atomic mass is 31.2. The fraction of sp³-hybridized carbons (Fsp3) is 0.400. The molecule has 0 spiro atoms. The molecule has 3 heteroatoms. The molecule has 124 valence electrons. The first-order valence-electron chi connectivity index (χ1n) is 8.56. The van der Waals surface area contributed by atoms with Gasteiger partial charge >= 0.3 is 0 Å². The second-order valence-corrected chi connectivity index (χ2v) is 7.09. The highest BCUT2D eigenvalue weighted by molar-refractivity contribution is 7.56. The van der Waals surface area contributed by atoms with Crippen molar-refractivity contribution in [3.05, 3.63) is 54.6 Å². The van der Waals surface area contributed by atoms with Crippen molar-refractivity contribution in [2.24, 2.45) is 0 Å². The van der Waals surface area contributed by atoms with Gasteiger partial charge in [0.25, 0.3) is 0 Å². The van der Waals surface area contributed by atoms with Crippen molar-refractivity contribution in [3.63, 3.8) is 0 Å². The molecule has 0 aromatic heterocycles. The molecule has 0 saturated carbocycles. The summed E-state index contributed by atoms with van der Waals surface area (Å²) in [5, 5.41) is 1.16. The highest BCUT2D eigenvalue weighted by Crippen LogP contribution is 2.38. The van der Waals surface area contributed by atoms with Crippen LogP contribution >= 0.6 is 8.38 Å². The summed E-state index contributed by atoms with van der Waals surface area (Å²) >= 11 is 0. The molecule has 2 aromatic carbocycles.